The summed E-state index contributed by atoms with van der Waals surface area (Å²) in [7, 11) is 0. The van der Waals surface area contributed by atoms with Crippen LogP contribution >= 0.6 is 0 Å². The van der Waals surface area contributed by atoms with E-state index in [0.717, 1.165) is 25.7 Å². The molecule has 2 N–H and O–H groups in total. The van der Waals surface area contributed by atoms with Gasteiger partial charge in [-0.05, 0) is 25.7 Å². The zero-order valence-corrected chi connectivity index (χ0v) is 9.51. The first kappa shape index (κ1) is 12.2. The number of halogens is 2. The maximum atomic E-state index is 12.7. The zero-order valence-electron chi connectivity index (χ0n) is 9.51. The van der Waals surface area contributed by atoms with Gasteiger partial charge in [0.15, 0.2) is 0 Å². The van der Waals surface area contributed by atoms with Crippen LogP contribution in [0, 0.1) is 10.8 Å². The van der Waals surface area contributed by atoms with Gasteiger partial charge in [0.1, 0.15) is 0 Å². The van der Waals surface area contributed by atoms with E-state index in [9.17, 15) is 19.0 Å². The number of aliphatic hydroxyl groups excluding tert-OH is 1. The van der Waals surface area contributed by atoms with Crippen molar-refractivity contribution in [2.24, 2.45) is 10.8 Å². The third kappa shape index (κ3) is 1.50. The minimum absolute atomic E-state index is 0.0713. The average Bonchev–Trinajstić information content (AvgIpc) is 2.74. The normalized spacial score (nSPS) is 30.0. The highest BCUT2D eigenvalue weighted by atomic mass is 19.1. The molecule has 0 saturated heterocycles. The van der Waals surface area contributed by atoms with Crippen molar-refractivity contribution in [3.8, 4) is 0 Å². The molecule has 94 valence electrons. The van der Waals surface area contributed by atoms with Crippen LogP contribution in [0.5, 0.6) is 0 Å². The summed E-state index contributed by atoms with van der Waals surface area (Å²) in [5.74, 6) is 0. The first-order valence-corrected chi connectivity index (χ1v) is 6.01. The van der Waals surface area contributed by atoms with Gasteiger partial charge in [0.25, 0.3) is 0 Å². The Hall–Kier alpha value is -0.220. The first-order chi connectivity index (χ1) is 7.55. The van der Waals surface area contributed by atoms with Gasteiger partial charge in [-0.15, -0.1) is 0 Å². The summed E-state index contributed by atoms with van der Waals surface area (Å²) in [5, 5.41) is 20.0. The van der Waals surface area contributed by atoms with Crippen molar-refractivity contribution < 1.29 is 19.0 Å². The predicted molar refractivity (Wildman–Crippen MR) is 56.6 cm³/mol. The van der Waals surface area contributed by atoms with Crippen molar-refractivity contribution in [3.05, 3.63) is 0 Å². The quantitative estimate of drug-likeness (QED) is 0.781. The van der Waals surface area contributed by atoms with Crippen LogP contribution in [0.3, 0.4) is 0 Å². The standard InChI is InChI=1S/C12H20F2O2/c13-7-10(8-14)5-12(16,6-10)11(9-15)3-1-2-4-11/h15-16H,1-9H2. The molecule has 0 spiro atoms. The molecule has 0 aromatic heterocycles. The van der Waals surface area contributed by atoms with Crippen molar-refractivity contribution in [1.29, 1.82) is 0 Å². The third-order valence-corrected chi connectivity index (χ3v) is 4.75. The lowest BCUT2D eigenvalue weighted by molar-refractivity contribution is -0.222. The molecule has 0 aliphatic heterocycles. The second-order valence-electron chi connectivity index (χ2n) is 5.80. The van der Waals surface area contributed by atoms with E-state index >= 15 is 0 Å². The smallest absolute Gasteiger partial charge is 0.0977 e. The Morgan fingerprint density at radius 1 is 1.00 bits per heavy atom. The molecule has 0 heterocycles. The third-order valence-electron chi connectivity index (χ3n) is 4.75. The molecule has 2 rings (SSSR count). The highest BCUT2D eigenvalue weighted by molar-refractivity contribution is 5.13. The zero-order chi connectivity index (χ0) is 11.9. The van der Waals surface area contributed by atoms with Crippen molar-refractivity contribution >= 4 is 0 Å². The van der Waals surface area contributed by atoms with Gasteiger partial charge in [0.05, 0.1) is 25.6 Å². The Labute approximate surface area is 94.7 Å². The van der Waals surface area contributed by atoms with E-state index < -0.39 is 29.8 Å². The molecule has 0 radical (unpaired) electrons. The van der Waals surface area contributed by atoms with Crippen LogP contribution < -0.4 is 0 Å². The van der Waals surface area contributed by atoms with Crippen molar-refractivity contribution in [2.45, 2.75) is 44.1 Å². The van der Waals surface area contributed by atoms with Crippen molar-refractivity contribution in [2.75, 3.05) is 20.0 Å². The molecule has 0 aromatic carbocycles. The molecule has 2 fully saturated rings. The predicted octanol–water partition coefficient (Wildman–Crippen LogP) is 1.99. The van der Waals surface area contributed by atoms with Gasteiger partial charge >= 0.3 is 0 Å². The van der Waals surface area contributed by atoms with E-state index in [4.69, 9.17) is 0 Å². The van der Waals surface area contributed by atoms with E-state index in [0.29, 0.717) is 0 Å². The summed E-state index contributed by atoms with van der Waals surface area (Å²) in [6.07, 6.45) is 3.84. The molecule has 0 atom stereocenters. The maximum absolute atomic E-state index is 12.7. The van der Waals surface area contributed by atoms with Crippen LogP contribution in [0.2, 0.25) is 0 Å². The number of alkyl halides is 2. The summed E-state index contributed by atoms with van der Waals surface area (Å²) in [5.41, 5.74) is -2.52. The monoisotopic (exact) mass is 234 g/mol. The highest BCUT2D eigenvalue weighted by Gasteiger charge is 2.63. The van der Waals surface area contributed by atoms with Crippen molar-refractivity contribution in [3.63, 3.8) is 0 Å². The van der Waals surface area contributed by atoms with Crippen LogP contribution in [0.25, 0.3) is 0 Å². The fourth-order valence-corrected chi connectivity index (χ4v) is 3.61. The lowest BCUT2D eigenvalue weighted by atomic mass is 9.50. The lowest BCUT2D eigenvalue weighted by Crippen LogP contribution is -2.63. The first-order valence-electron chi connectivity index (χ1n) is 6.01. The highest BCUT2D eigenvalue weighted by Crippen LogP contribution is 2.61. The Morgan fingerprint density at radius 2 is 1.50 bits per heavy atom. The Balaban J connectivity index is 2.11. The fourth-order valence-electron chi connectivity index (χ4n) is 3.61. The van der Waals surface area contributed by atoms with Crippen LogP contribution in [0.15, 0.2) is 0 Å². The second-order valence-corrected chi connectivity index (χ2v) is 5.80. The average molecular weight is 234 g/mol. The summed E-state index contributed by atoms with van der Waals surface area (Å²) in [4.78, 5) is 0. The molecule has 16 heavy (non-hydrogen) atoms. The molecule has 4 heteroatoms. The Morgan fingerprint density at radius 3 is 1.88 bits per heavy atom. The minimum Gasteiger partial charge on any atom is -0.396 e. The molecule has 2 nitrogen and oxygen atoms in total. The van der Waals surface area contributed by atoms with Gasteiger partial charge in [-0.25, -0.2) is 0 Å². The molecule has 0 bridgehead atoms. The Kier molecular flexibility index (Phi) is 2.99. The van der Waals surface area contributed by atoms with E-state index in [2.05, 4.69) is 0 Å². The van der Waals surface area contributed by atoms with Gasteiger partial charge in [0.2, 0.25) is 0 Å². The second kappa shape index (κ2) is 3.91. The van der Waals surface area contributed by atoms with Gasteiger partial charge < -0.3 is 10.2 Å². The topological polar surface area (TPSA) is 40.5 Å². The maximum Gasteiger partial charge on any atom is 0.0977 e. The fraction of sp³-hybridized carbons (Fsp3) is 1.00. The van der Waals surface area contributed by atoms with E-state index in [1.165, 1.54) is 0 Å². The lowest BCUT2D eigenvalue weighted by Gasteiger charge is -2.58. The molecule has 0 unspecified atom stereocenters. The van der Waals surface area contributed by atoms with Crippen LogP contribution in [0.4, 0.5) is 8.78 Å². The summed E-state index contributed by atoms with van der Waals surface area (Å²) < 4.78 is 25.5. The number of aliphatic hydroxyl groups is 2. The van der Waals surface area contributed by atoms with Gasteiger partial charge in [-0.2, -0.15) is 0 Å². The molecular weight excluding hydrogens is 214 g/mol. The van der Waals surface area contributed by atoms with Gasteiger partial charge in [-0.1, -0.05) is 12.8 Å². The number of rotatable bonds is 4. The molecule has 0 aromatic rings. The molecule has 2 aliphatic rings. The van der Waals surface area contributed by atoms with Crippen LogP contribution in [0.1, 0.15) is 38.5 Å². The van der Waals surface area contributed by atoms with Crippen molar-refractivity contribution in [1.82, 2.24) is 0 Å². The minimum atomic E-state index is -1.05. The number of hydrogen-bond acceptors (Lipinski definition) is 2. The summed E-state index contributed by atoms with van der Waals surface area (Å²) in [6.45, 7) is -1.50. The van der Waals surface area contributed by atoms with Crippen LogP contribution in [-0.4, -0.2) is 35.8 Å². The molecule has 2 aliphatic carbocycles. The van der Waals surface area contributed by atoms with E-state index in [1.54, 1.807) is 0 Å². The molecular formula is C12H20F2O2. The van der Waals surface area contributed by atoms with E-state index in [1.807, 2.05) is 0 Å². The summed E-state index contributed by atoms with van der Waals surface area (Å²) >= 11 is 0. The number of hydrogen-bond donors (Lipinski definition) is 2. The van der Waals surface area contributed by atoms with Gasteiger partial charge in [0, 0.05) is 10.8 Å². The van der Waals surface area contributed by atoms with Crippen LogP contribution in [-0.2, 0) is 0 Å². The SMILES string of the molecule is OCC1(C2(O)CC(CF)(CF)C2)CCCC1. The largest absolute Gasteiger partial charge is 0.396 e. The summed E-state index contributed by atoms with van der Waals surface area (Å²) in [6, 6.07) is 0. The van der Waals surface area contributed by atoms with E-state index in [-0.39, 0.29) is 19.4 Å². The molecule has 2 saturated carbocycles. The Bertz CT molecular complexity index is 250. The molecule has 0 amide bonds. The van der Waals surface area contributed by atoms with Gasteiger partial charge in [-0.3, -0.25) is 8.78 Å².